The number of esters is 1. The molecule has 0 aliphatic carbocycles. The highest BCUT2D eigenvalue weighted by atomic mass is 35.5. The van der Waals surface area contributed by atoms with Crippen molar-refractivity contribution in [3.63, 3.8) is 0 Å². The summed E-state index contributed by atoms with van der Waals surface area (Å²) in [6, 6.07) is 4.97. The number of hydrogen-bond donors (Lipinski definition) is 0. The number of nitrogens with zero attached hydrogens (tertiary/aromatic N) is 3. The molecule has 1 saturated heterocycles. The average molecular weight is 322 g/mol. The second kappa shape index (κ2) is 5.70. The number of carbonyl (C=O) groups is 1. The molecule has 1 aliphatic rings. The molecule has 1 aromatic carbocycles. The maximum Gasteiger partial charge on any atom is 0.338 e. The summed E-state index contributed by atoms with van der Waals surface area (Å²) in [6.45, 7) is 4.28. The minimum atomic E-state index is -0.430. The Morgan fingerprint density at radius 1 is 1.50 bits per heavy atom. The van der Waals surface area contributed by atoms with E-state index in [0.717, 1.165) is 0 Å². The lowest BCUT2D eigenvalue weighted by Gasteiger charge is -2.37. The molecule has 1 aliphatic heterocycles. The van der Waals surface area contributed by atoms with Gasteiger partial charge in [0, 0.05) is 16.0 Å². The quantitative estimate of drug-likeness (QED) is 0.809. The third kappa shape index (κ3) is 2.84. The highest BCUT2D eigenvalue weighted by Gasteiger charge is 2.34. The molecule has 1 fully saturated rings. The molecule has 2 heterocycles. The van der Waals surface area contributed by atoms with Crippen LogP contribution in [0.3, 0.4) is 0 Å². The van der Waals surface area contributed by atoms with Gasteiger partial charge in [-0.15, -0.1) is 5.10 Å². The van der Waals surface area contributed by atoms with E-state index >= 15 is 0 Å². The van der Waals surface area contributed by atoms with Crippen LogP contribution in [-0.2, 0) is 16.0 Å². The lowest BCUT2D eigenvalue weighted by molar-refractivity contribution is -0.111. The van der Waals surface area contributed by atoms with Crippen molar-refractivity contribution >= 4 is 17.6 Å². The first-order chi connectivity index (χ1) is 10.5. The lowest BCUT2D eigenvalue weighted by Crippen LogP contribution is -2.43. The van der Waals surface area contributed by atoms with E-state index in [9.17, 15) is 4.79 Å². The van der Waals surface area contributed by atoms with Crippen molar-refractivity contribution in [2.24, 2.45) is 5.41 Å². The van der Waals surface area contributed by atoms with Crippen LogP contribution in [0.4, 0.5) is 0 Å². The Morgan fingerprint density at radius 3 is 2.91 bits per heavy atom. The highest BCUT2D eigenvalue weighted by Crippen LogP contribution is 2.30. The van der Waals surface area contributed by atoms with Gasteiger partial charge in [-0.2, -0.15) is 0 Å². The molecule has 0 radical (unpaired) electrons. The first-order valence-corrected chi connectivity index (χ1v) is 7.25. The first kappa shape index (κ1) is 15.0. The van der Waals surface area contributed by atoms with E-state index < -0.39 is 5.97 Å². The van der Waals surface area contributed by atoms with Gasteiger partial charge < -0.3 is 9.47 Å². The van der Waals surface area contributed by atoms with Gasteiger partial charge in [0.1, 0.15) is 5.69 Å². The summed E-state index contributed by atoms with van der Waals surface area (Å²) in [5, 5.41) is 8.81. The minimum Gasteiger partial charge on any atom is -0.465 e. The highest BCUT2D eigenvalue weighted by molar-refractivity contribution is 6.31. The van der Waals surface area contributed by atoms with E-state index in [1.807, 2.05) is 6.20 Å². The number of benzene rings is 1. The molecule has 0 saturated carbocycles. The average Bonchev–Trinajstić information content (AvgIpc) is 2.93. The predicted octanol–water partition coefficient (Wildman–Crippen LogP) is 2.42. The maximum atomic E-state index is 11.9. The number of methoxy groups -OCH3 is 1. The summed E-state index contributed by atoms with van der Waals surface area (Å²) < 4.78 is 11.8. The van der Waals surface area contributed by atoms with E-state index in [0.29, 0.717) is 41.6 Å². The molecule has 1 aromatic heterocycles. The molecule has 0 atom stereocenters. The lowest BCUT2D eigenvalue weighted by atomic mass is 9.89. The normalized spacial score (nSPS) is 16.1. The van der Waals surface area contributed by atoms with Gasteiger partial charge >= 0.3 is 5.97 Å². The number of hydrogen-bond acceptors (Lipinski definition) is 5. The molecule has 22 heavy (non-hydrogen) atoms. The van der Waals surface area contributed by atoms with Crippen LogP contribution in [0.5, 0.6) is 0 Å². The van der Waals surface area contributed by atoms with Crippen molar-refractivity contribution in [2.75, 3.05) is 20.3 Å². The number of carbonyl (C=O) groups excluding carboxylic acids is 1. The molecule has 6 nitrogen and oxygen atoms in total. The standard InChI is InChI=1S/C15H16ClN3O3/c1-15(8-22-9-15)7-19-6-13(17-18-19)12-5-10(16)3-4-11(12)14(20)21-2/h3-6H,7-9H2,1-2H3. The molecule has 7 heteroatoms. The van der Waals surface area contributed by atoms with Crippen LogP contribution in [0, 0.1) is 5.41 Å². The van der Waals surface area contributed by atoms with Gasteiger partial charge in [-0.25, -0.2) is 4.79 Å². The molecule has 0 N–H and O–H groups in total. The minimum absolute atomic E-state index is 0.0878. The third-order valence-electron chi connectivity index (χ3n) is 3.65. The fraction of sp³-hybridized carbons (Fsp3) is 0.400. The molecule has 0 spiro atoms. The Hall–Kier alpha value is -1.92. The predicted molar refractivity (Wildman–Crippen MR) is 80.7 cm³/mol. The summed E-state index contributed by atoms with van der Waals surface area (Å²) in [5.41, 5.74) is 1.70. The van der Waals surface area contributed by atoms with Crippen molar-refractivity contribution in [2.45, 2.75) is 13.5 Å². The summed E-state index contributed by atoms with van der Waals surface area (Å²) >= 11 is 6.04. The Bertz CT molecular complexity index is 710. The van der Waals surface area contributed by atoms with E-state index in [1.165, 1.54) is 7.11 Å². The molecular weight excluding hydrogens is 306 g/mol. The zero-order chi connectivity index (χ0) is 15.7. The number of halogens is 1. The van der Waals surface area contributed by atoms with E-state index in [2.05, 4.69) is 17.2 Å². The monoisotopic (exact) mass is 321 g/mol. The summed E-state index contributed by atoms with van der Waals surface area (Å²) in [5.74, 6) is -0.430. The summed E-state index contributed by atoms with van der Waals surface area (Å²) in [6.07, 6.45) is 1.81. The zero-order valence-corrected chi connectivity index (χ0v) is 13.1. The van der Waals surface area contributed by atoms with Crippen molar-refractivity contribution < 1.29 is 14.3 Å². The van der Waals surface area contributed by atoms with Crippen LogP contribution < -0.4 is 0 Å². The van der Waals surface area contributed by atoms with Gasteiger partial charge in [-0.05, 0) is 18.2 Å². The topological polar surface area (TPSA) is 66.2 Å². The summed E-state index contributed by atoms with van der Waals surface area (Å²) in [4.78, 5) is 11.9. The Kier molecular flexibility index (Phi) is 3.88. The van der Waals surface area contributed by atoms with Crippen LogP contribution in [0.1, 0.15) is 17.3 Å². The molecule has 0 bridgehead atoms. The smallest absolute Gasteiger partial charge is 0.338 e. The largest absolute Gasteiger partial charge is 0.465 e. The molecule has 3 rings (SSSR count). The molecular formula is C15H16ClN3O3. The summed E-state index contributed by atoms with van der Waals surface area (Å²) in [7, 11) is 1.34. The van der Waals surface area contributed by atoms with Gasteiger partial charge in [0.25, 0.3) is 0 Å². The fourth-order valence-electron chi connectivity index (χ4n) is 2.45. The molecule has 0 amide bonds. The van der Waals surface area contributed by atoms with Gasteiger partial charge in [0.2, 0.25) is 0 Å². The number of ether oxygens (including phenoxy) is 2. The van der Waals surface area contributed by atoms with Crippen LogP contribution in [0.2, 0.25) is 5.02 Å². The van der Waals surface area contributed by atoms with E-state index in [4.69, 9.17) is 21.1 Å². The van der Waals surface area contributed by atoms with Crippen LogP contribution in [0.25, 0.3) is 11.3 Å². The Labute approximate surface area is 133 Å². The second-order valence-corrected chi connectivity index (χ2v) is 6.22. The maximum absolute atomic E-state index is 11.9. The zero-order valence-electron chi connectivity index (χ0n) is 12.4. The van der Waals surface area contributed by atoms with Gasteiger partial charge in [-0.3, -0.25) is 4.68 Å². The van der Waals surface area contributed by atoms with Crippen molar-refractivity contribution in [1.29, 1.82) is 0 Å². The van der Waals surface area contributed by atoms with Gasteiger partial charge in [-0.1, -0.05) is 23.7 Å². The van der Waals surface area contributed by atoms with Crippen molar-refractivity contribution in [3.8, 4) is 11.3 Å². The van der Waals surface area contributed by atoms with Gasteiger partial charge in [0.05, 0.1) is 38.6 Å². The van der Waals surface area contributed by atoms with E-state index in [1.54, 1.807) is 22.9 Å². The van der Waals surface area contributed by atoms with Crippen LogP contribution in [0.15, 0.2) is 24.4 Å². The third-order valence-corrected chi connectivity index (χ3v) is 3.88. The second-order valence-electron chi connectivity index (χ2n) is 5.79. The first-order valence-electron chi connectivity index (χ1n) is 6.87. The fourth-order valence-corrected chi connectivity index (χ4v) is 2.62. The van der Waals surface area contributed by atoms with E-state index in [-0.39, 0.29) is 5.41 Å². The van der Waals surface area contributed by atoms with Crippen molar-refractivity contribution in [3.05, 3.63) is 35.0 Å². The molecule has 0 unspecified atom stereocenters. The van der Waals surface area contributed by atoms with Crippen LogP contribution >= 0.6 is 11.6 Å². The molecule has 116 valence electrons. The SMILES string of the molecule is COC(=O)c1ccc(Cl)cc1-c1cn(CC2(C)COC2)nn1. The molecule has 2 aromatic rings. The van der Waals surface area contributed by atoms with Crippen molar-refractivity contribution in [1.82, 2.24) is 15.0 Å². The number of rotatable bonds is 4. The Balaban J connectivity index is 1.92. The number of aromatic nitrogens is 3. The Morgan fingerprint density at radius 2 is 2.27 bits per heavy atom. The van der Waals surface area contributed by atoms with Gasteiger partial charge in [0.15, 0.2) is 0 Å². The van der Waals surface area contributed by atoms with Crippen LogP contribution in [-0.4, -0.2) is 41.3 Å².